The normalized spacial score (nSPS) is 16.0. The zero-order valence-electron chi connectivity index (χ0n) is 18.6. The minimum absolute atomic E-state index is 0.447. The molecule has 2 heterocycles. The van der Waals surface area contributed by atoms with Gasteiger partial charge in [-0.1, -0.05) is 36.9 Å². The summed E-state index contributed by atoms with van der Waals surface area (Å²) >= 11 is 0. The minimum atomic E-state index is -0.462. The third-order valence-electron chi connectivity index (χ3n) is 5.76. The van der Waals surface area contributed by atoms with Gasteiger partial charge in [-0.15, -0.1) is 0 Å². The molecule has 0 bridgehead atoms. The highest BCUT2D eigenvalue weighted by Gasteiger charge is 2.16. The van der Waals surface area contributed by atoms with Crippen molar-refractivity contribution in [3.05, 3.63) is 107 Å². The van der Waals surface area contributed by atoms with E-state index in [9.17, 15) is 4.79 Å². The van der Waals surface area contributed by atoms with Gasteiger partial charge in [0.15, 0.2) is 0 Å². The number of carbonyl (C=O) groups excluding carboxylic acids is 1. The Kier molecular flexibility index (Phi) is 6.08. The smallest absolute Gasteiger partial charge is 0.248 e. The van der Waals surface area contributed by atoms with Crippen LogP contribution in [0.25, 0.3) is 11.4 Å². The fourth-order valence-electron chi connectivity index (χ4n) is 3.79. The van der Waals surface area contributed by atoms with Crippen LogP contribution in [0, 0.1) is 13.8 Å². The number of anilines is 1. The van der Waals surface area contributed by atoms with Crippen molar-refractivity contribution in [3.63, 3.8) is 0 Å². The fourth-order valence-corrected chi connectivity index (χ4v) is 3.79. The number of nitrogens with zero attached hydrogens (tertiary/aromatic N) is 2. The molecule has 1 aliphatic heterocycles. The third-order valence-corrected chi connectivity index (χ3v) is 5.76. The zero-order chi connectivity index (χ0) is 22.7. The van der Waals surface area contributed by atoms with Gasteiger partial charge in [-0.05, 0) is 80.6 Å². The fraction of sp³-hybridized carbons (Fsp3) is 0.185. The molecule has 1 amide bonds. The number of aryl methyl sites for hydroxylation is 3. The number of nitrogens with one attached hydrogen (secondary N) is 1. The molecule has 4 rings (SSSR count). The second kappa shape index (κ2) is 9.10. The first-order valence-electron chi connectivity index (χ1n) is 10.8. The average Bonchev–Trinajstić information content (AvgIpc) is 3.21. The van der Waals surface area contributed by atoms with Crippen LogP contribution >= 0.6 is 0 Å². The number of primary amides is 1. The molecule has 3 aromatic rings. The predicted octanol–water partition coefficient (Wildman–Crippen LogP) is 5.46. The van der Waals surface area contributed by atoms with E-state index in [0.717, 1.165) is 47.6 Å². The Morgan fingerprint density at radius 1 is 1.12 bits per heavy atom. The molecule has 0 radical (unpaired) electrons. The molecule has 32 heavy (non-hydrogen) atoms. The summed E-state index contributed by atoms with van der Waals surface area (Å²) in [6.45, 7) is 8.44. The number of hydrogen-bond acceptors (Lipinski definition) is 3. The summed E-state index contributed by atoms with van der Waals surface area (Å²) in [5.74, 6) is -0.462. The Labute approximate surface area is 189 Å². The number of amides is 1. The number of nitrogens with two attached hydrogens (primary N) is 1. The quantitative estimate of drug-likeness (QED) is 0.571. The number of carbonyl (C=O) groups is 1. The van der Waals surface area contributed by atoms with E-state index in [1.807, 2.05) is 10.7 Å². The third kappa shape index (κ3) is 4.57. The monoisotopic (exact) mass is 424 g/mol. The lowest BCUT2D eigenvalue weighted by Crippen LogP contribution is -2.11. The molecular weight excluding hydrogens is 396 g/mol. The molecule has 0 saturated heterocycles. The maximum absolute atomic E-state index is 11.5. The predicted molar refractivity (Wildman–Crippen MR) is 131 cm³/mol. The van der Waals surface area contributed by atoms with Crippen molar-refractivity contribution in [2.24, 2.45) is 5.73 Å². The number of fused-ring (bicyclic) bond motifs is 1. The second-order valence-corrected chi connectivity index (χ2v) is 8.15. The van der Waals surface area contributed by atoms with Gasteiger partial charge in [0.1, 0.15) is 5.69 Å². The molecule has 0 unspecified atom stereocenters. The Balaban J connectivity index is 1.70. The summed E-state index contributed by atoms with van der Waals surface area (Å²) in [5.41, 5.74) is 13.9. The number of hydrogen-bond donors (Lipinski definition) is 2. The summed E-state index contributed by atoms with van der Waals surface area (Å²) in [6.07, 6.45) is 9.45. The van der Waals surface area contributed by atoms with E-state index < -0.39 is 5.91 Å². The van der Waals surface area contributed by atoms with Crippen LogP contribution in [0.2, 0.25) is 0 Å². The van der Waals surface area contributed by atoms with Crippen molar-refractivity contribution in [2.75, 3.05) is 5.32 Å². The van der Waals surface area contributed by atoms with E-state index in [-0.39, 0.29) is 0 Å². The van der Waals surface area contributed by atoms with Crippen LogP contribution in [0.1, 0.15) is 51.3 Å². The van der Waals surface area contributed by atoms with Gasteiger partial charge >= 0.3 is 0 Å². The van der Waals surface area contributed by atoms with Crippen molar-refractivity contribution in [1.82, 2.24) is 9.78 Å². The molecule has 3 N–H and O–H groups in total. The lowest BCUT2D eigenvalue weighted by Gasteiger charge is -2.13. The molecule has 5 nitrogen and oxygen atoms in total. The van der Waals surface area contributed by atoms with Crippen LogP contribution in [-0.4, -0.2) is 15.7 Å². The van der Waals surface area contributed by atoms with Crippen molar-refractivity contribution < 1.29 is 4.79 Å². The van der Waals surface area contributed by atoms with Crippen LogP contribution in [-0.2, 0) is 6.42 Å². The van der Waals surface area contributed by atoms with E-state index in [2.05, 4.69) is 68.2 Å². The molecule has 0 saturated carbocycles. The standard InChI is InChI=1S/C27H28N4O/c1-18-13-14-21(15-19(18)2)26-12-7-5-4-6-11-24-17-25(30-31(24)26)20(3)29-23-10-8-9-22(16-23)27(28)32/h5,7-10,12-17,29H,3-4,6,11H2,1-2H3,(H2,28,32)/b7-5-,26-12-. The van der Waals surface area contributed by atoms with Crippen molar-refractivity contribution >= 4 is 23.0 Å². The molecule has 2 aromatic carbocycles. The summed E-state index contributed by atoms with van der Waals surface area (Å²) < 4.78 is 2.03. The molecule has 1 aromatic heterocycles. The number of aromatic nitrogens is 2. The number of allylic oxidation sites excluding steroid dienone is 3. The zero-order valence-corrected chi connectivity index (χ0v) is 18.6. The first kappa shape index (κ1) is 21.4. The highest BCUT2D eigenvalue weighted by Crippen LogP contribution is 2.26. The van der Waals surface area contributed by atoms with Crippen molar-refractivity contribution in [1.29, 1.82) is 0 Å². The van der Waals surface area contributed by atoms with Gasteiger partial charge in [0, 0.05) is 22.5 Å². The molecule has 162 valence electrons. The first-order valence-corrected chi connectivity index (χ1v) is 10.8. The molecule has 1 aliphatic rings. The van der Waals surface area contributed by atoms with Gasteiger partial charge in [-0.3, -0.25) is 4.79 Å². The Morgan fingerprint density at radius 3 is 2.75 bits per heavy atom. The maximum Gasteiger partial charge on any atom is 0.248 e. The largest absolute Gasteiger partial charge is 0.366 e. The van der Waals surface area contributed by atoms with Gasteiger partial charge < -0.3 is 11.1 Å². The van der Waals surface area contributed by atoms with E-state index in [4.69, 9.17) is 10.8 Å². The average molecular weight is 425 g/mol. The van der Waals surface area contributed by atoms with E-state index >= 15 is 0 Å². The van der Waals surface area contributed by atoms with Crippen LogP contribution in [0.4, 0.5) is 5.69 Å². The van der Waals surface area contributed by atoms with Gasteiger partial charge in [0.2, 0.25) is 5.91 Å². The Morgan fingerprint density at radius 2 is 1.97 bits per heavy atom. The summed E-state index contributed by atoms with van der Waals surface area (Å²) in [6, 6.07) is 15.7. The van der Waals surface area contributed by atoms with Crippen molar-refractivity contribution in [2.45, 2.75) is 33.1 Å². The van der Waals surface area contributed by atoms with Gasteiger partial charge in [0.25, 0.3) is 0 Å². The molecular formula is C27H28N4O. The Bertz CT molecular complexity index is 1250. The van der Waals surface area contributed by atoms with Crippen LogP contribution in [0.3, 0.4) is 0 Å². The van der Waals surface area contributed by atoms with Gasteiger partial charge in [-0.2, -0.15) is 5.10 Å². The first-order chi connectivity index (χ1) is 15.4. The lowest BCUT2D eigenvalue weighted by atomic mass is 10.0. The molecule has 0 spiro atoms. The van der Waals surface area contributed by atoms with Crippen LogP contribution in [0.15, 0.2) is 73.3 Å². The summed E-state index contributed by atoms with van der Waals surface area (Å²) in [7, 11) is 0. The van der Waals surface area contributed by atoms with Crippen molar-refractivity contribution in [3.8, 4) is 0 Å². The molecule has 0 aliphatic carbocycles. The van der Waals surface area contributed by atoms with Crippen LogP contribution < -0.4 is 11.1 Å². The van der Waals surface area contributed by atoms with Gasteiger partial charge in [0.05, 0.1) is 11.4 Å². The maximum atomic E-state index is 11.5. The molecule has 0 atom stereocenters. The summed E-state index contributed by atoms with van der Waals surface area (Å²) in [5, 5.41) is 8.18. The van der Waals surface area contributed by atoms with E-state index in [1.165, 1.54) is 11.1 Å². The lowest BCUT2D eigenvalue weighted by molar-refractivity contribution is 0.100. The highest BCUT2D eigenvalue weighted by molar-refractivity contribution is 5.94. The van der Waals surface area contributed by atoms with E-state index in [1.54, 1.807) is 18.2 Å². The molecule has 0 fully saturated rings. The minimum Gasteiger partial charge on any atom is -0.366 e. The Hall–Kier alpha value is -3.86. The summed E-state index contributed by atoms with van der Waals surface area (Å²) in [4.78, 5) is 11.5. The number of rotatable bonds is 5. The number of benzene rings is 2. The highest BCUT2D eigenvalue weighted by atomic mass is 16.1. The second-order valence-electron chi connectivity index (χ2n) is 8.15. The SMILES string of the molecule is C=C(Nc1cccc(C(N)=O)c1)c1cc2n(n1)/C(c1ccc(C)c(C)c1)=C\C=C/CCC2. The van der Waals surface area contributed by atoms with Gasteiger partial charge in [-0.25, -0.2) is 4.68 Å². The molecule has 5 heteroatoms. The topological polar surface area (TPSA) is 72.9 Å². The van der Waals surface area contributed by atoms with E-state index in [0.29, 0.717) is 11.3 Å². The van der Waals surface area contributed by atoms with Crippen LogP contribution in [0.5, 0.6) is 0 Å².